The molecular formula is C48H52F2N16O14P2. The number of nitrogens with one attached hydrogen (secondary N) is 3. The molecule has 30 nitrogen and oxygen atoms in total. The van der Waals surface area contributed by atoms with Crippen LogP contribution in [0.5, 0.6) is 23.5 Å². The van der Waals surface area contributed by atoms with Crippen molar-refractivity contribution in [3.63, 3.8) is 0 Å². The van der Waals surface area contributed by atoms with Gasteiger partial charge in [-0.25, -0.2) is 56.5 Å². The lowest BCUT2D eigenvalue weighted by Gasteiger charge is -2.20. The van der Waals surface area contributed by atoms with Gasteiger partial charge in [0.2, 0.25) is 13.6 Å². The molecule has 82 heavy (non-hydrogen) atoms. The highest BCUT2D eigenvalue weighted by Gasteiger charge is 2.54. The van der Waals surface area contributed by atoms with E-state index in [-0.39, 0.29) is 34.9 Å². The number of hydrogen-bond acceptors (Lipinski definition) is 22. The third-order valence-electron chi connectivity index (χ3n) is 14.5. The number of rotatable bonds is 14. The SMILES string of the molecule is Cc1ncc(Oc2nc(N3C[C@H](N)C4(CC4)C3)c3c(n2)[nH]c2c(N(C)C(=O)OCOP(=O)(O)O)cc(F)cc23)cn1.Cc1ncc(Oc2nc(N3C[C@H]4CCN[C@H]4C3)c3c(n2)[nH]c2c(N(C)C(=O)OCOP(=O)(O)O)cc(F)cc23)cn1. The molecule has 0 radical (unpaired) electrons. The zero-order valence-corrected chi connectivity index (χ0v) is 45.7. The fourth-order valence-corrected chi connectivity index (χ4v) is 10.7. The van der Waals surface area contributed by atoms with Crippen molar-refractivity contribution >= 4 is 94.7 Å². The predicted molar refractivity (Wildman–Crippen MR) is 286 cm³/mol. The zero-order chi connectivity index (χ0) is 58.0. The van der Waals surface area contributed by atoms with Crippen LogP contribution in [0.3, 0.4) is 0 Å². The Balaban J connectivity index is 0.000000172. The normalized spacial score (nSPS) is 18.3. The van der Waals surface area contributed by atoms with Crippen molar-refractivity contribution in [1.82, 2.24) is 55.2 Å². The average Bonchev–Trinajstić information content (AvgIpc) is 3.99. The van der Waals surface area contributed by atoms with Crippen LogP contribution in [0.4, 0.5) is 41.4 Å². The Hall–Kier alpha value is -7.90. The van der Waals surface area contributed by atoms with Gasteiger partial charge in [-0.15, -0.1) is 0 Å². The minimum atomic E-state index is -4.86. The number of aromatic nitrogens is 10. The smallest absolute Gasteiger partial charge is 0.421 e. The summed E-state index contributed by atoms with van der Waals surface area (Å²) in [5.41, 5.74) is 8.02. The maximum atomic E-state index is 15.0. The standard InChI is InChI=1S/2C24H26FN8O7P/c1-12-27-7-14(8-28-12)40-22-30-20-18(21(31-22)33-9-17(26)24(10-33)3-4-24)15-5-13(25)6-16(19(15)29-20)32(2)23(34)38-11-39-41(35,36)37;1-12-27-7-15(8-28-12)40-23-30-21-19(22(31-23)33-9-13-3-4-26-17(13)10-33)16-5-14(25)6-18(20(16)29-21)32(2)24(34)38-11-39-41(35,36)37/h5-8,17H,3-4,9-11,26H2,1-2H3,(H,29,30,31)(H2,35,36,37);5-8,13,17,26H,3-4,9-11H2,1-2H3,(H,29,30,31)(H2,35,36,37)/t17-;13-,17+/m01/s1. The zero-order valence-electron chi connectivity index (χ0n) is 43.9. The van der Waals surface area contributed by atoms with Gasteiger partial charge < -0.3 is 69.3 Å². The van der Waals surface area contributed by atoms with Crippen LogP contribution in [0.25, 0.3) is 43.9 Å². The summed E-state index contributed by atoms with van der Waals surface area (Å²) in [5, 5.41) is 5.37. The highest BCUT2D eigenvalue weighted by atomic mass is 31.2. The molecule has 2 aromatic carbocycles. The molecule has 12 rings (SSSR count). The minimum Gasteiger partial charge on any atom is -0.421 e. The number of nitrogens with zero attached hydrogens (tertiary/aromatic N) is 12. The van der Waals surface area contributed by atoms with E-state index in [2.05, 4.69) is 59.1 Å². The number of phosphoric acid groups is 2. The number of aromatic amines is 2. The number of phosphoric ester groups is 2. The van der Waals surface area contributed by atoms with Gasteiger partial charge in [0.15, 0.2) is 11.5 Å². The largest absolute Gasteiger partial charge is 0.472 e. The number of nitrogens with two attached hydrogens (primary N) is 1. The fourth-order valence-electron chi connectivity index (χ4n) is 10.3. The molecule has 3 saturated heterocycles. The summed E-state index contributed by atoms with van der Waals surface area (Å²) < 4.78 is 81.6. The van der Waals surface area contributed by atoms with Crippen LogP contribution in [0.1, 0.15) is 30.9 Å². The topological polar surface area (TPSA) is 390 Å². The van der Waals surface area contributed by atoms with Crippen LogP contribution >= 0.6 is 15.6 Å². The van der Waals surface area contributed by atoms with Crippen molar-refractivity contribution in [1.29, 1.82) is 0 Å². The number of ether oxygens (including phenoxy) is 4. The van der Waals surface area contributed by atoms with E-state index in [0.717, 1.165) is 54.3 Å². The monoisotopic (exact) mass is 1180 g/mol. The van der Waals surface area contributed by atoms with Crippen LogP contribution in [0.15, 0.2) is 49.1 Å². The van der Waals surface area contributed by atoms with Crippen LogP contribution in [0, 0.1) is 36.8 Å². The summed E-state index contributed by atoms with van der Waals surface area (Å²) >= 11 is 0. The number of aryl methyl sites for hydroxylation is 2. The first-order valence-electron chi connectivity index (χ1n) is 25.2. The van der Waals surface area contributed by atoms with Gasteiger partial charge in [-0.05, 0) is 69.8 Å². The number of hydrogen-bond donors (Lipinski definition) is 8. The lowest BCUT2D eigenvalue weighted by Crippen LogP contribution is -2.30. The summed E-state index contributed by atoms with van der Waals surface area (Å²) in [4.78, 5) is 108. The number of amides is 2. The molecule has 9 N–H and O–H groups in total. The third kappa shape index (κ3) is 11.8. The highest BCUT2D eigenvalue weighted by Crippen LogP contribution is 2.53. The van der Waals surface area contributed by atoms with Gasteiger partial charge in [0.05, 0.1) is 58.0 Å². The minimum absolute atomic E-state index is 0.00111. The number of carbonyl (C=O) groups excluding carboxylic acids is 2. The number of fused-ring (bicyclic) bond motifs is 7. The molecule has 3 atom stereocenters. The fraction of sp³-hybridized carbons (Fsp3) is 0.375. The van der Waals surface area contributed by atoms with Crippen LogP contribution in [-0.2, 0) is 27.7 Å². The van der Waals surface area contributed by atoms with E-state index >= 15 is 8.78 Å². The Morgan fingerprint density at radius 3 is 1.60 bits per heavy atom. The molecule has 1 spiro atoms. The van der Waals surface area contributed by atoms with Crippen molar-refractivity contribution in [2.24, 2.45) is 17.1 Å². The van der Waals surface area contributed by atoms with Crippen molar-refractivity contribution in [2.45, 2.75) is 45.2 Å². The third-order valence-corrected chi connectivity index (χ3v) is 15.4. The van der Waals surface area contributed by atoms with E-state index < -0.39 is 53.1 Å². The summed E-state index contributed by atoms with van der Waals surface area (Å²) in [6.07, 6.45) is 6.99. The molecule has 9 heterocycles. The van der Waals surface area contributed by atoms with Gasteiger partial charge >= 0.3 is 39.9 Å². The van der Waals surface area contributed by atoms with Gasteiger partial charge in [0.25, 0.3) is 0 Å². The maximum Gasteiger partial charge on any atom is 0.472 e. The lowest BCUT2D eigenvalue weighted by molar-refractivity contribution is 0.0424. The molecule has 1 aliphatic carbocycles. The van der Waals surface area contributed by atoms with E-state index in [1.54, 1.807) is 13.8 Å². The number of halogens is 2. The maximum absolute atomic E-state index is 15.0. The molecule has 4 fully saturated rings. The molecular weight excluding hydrogens is 1120 g/mol. The Morgan fingerprint density at radius 2 is 1.17 bits per heavy atom. The first kappa shape index (κ1) is 56.0. The molecule has 34 heteroatoms. The van der Waals surface area contributed by atoms with Gasteiger partial charge in [0.1, 0.15) is 46.2 Å². The first-order chi connectivity index (χ1) is 39.0. The average molecular weight is 1180 g/mol. The second-order valence-corrected chi connectivity index (χ2v) is 22.4. The highest BCUT2D eigenvalue weighted by molar-refractivity contribution is 7.46. The van der Waals surface area contributed by atoms with Crippen molar-refractivity contribution < 1.29 is 75.1 Å². The van der Waals surface area contributed by atoms with E-state index in [0.29, 0.717) is 110 Å². The van der Waals surface area contributed by atoms with Crippen molar-refractivity contribution in [2.75, 3.05) is 80.0 Å². The summed E-state index contributed by atoms with van der Waals surface area (Å²) in [6.45, 7) is 5.05. The Kier molecular flexibility index (Phi) is 14.9. The van der Waals surface area contributed by atoms with E-state index in [1.807, 2.05) is 4.90 Å². The second kappa shape index (κ2) is 21.8. The van der Waals surface area contributed by atoms with Gasteiger partial charge in [-0.1, -0.05) is 0 Å². The van der Waals surface area contributed by atoms with Crippen molar-refractivity contribution in [3.05, 3.63) is 72.3 Å². The molecule has 4 aliphatic rings. The van der Waals surface area contributed by atoms with Crippen LogP contribution < -0.4 is 40.1 Å². The molecule has 1 saturated carbocycles. The van der Waals surface area contributed by atoms with E-state index in [4.69, 9.17) is 54.2 Å². The number of H-pyrrole nitrogens is 2. The molecule has 3 aliphatic heterocycles. The number of benzene rings is 2. The summed E-state index contributed by atoms with van der Waals surface area (Å²) in [5.74, 6) is 1.97. The summed E-state index contributed by atoms with van der Waals surface area (Å²) in [7, 11) is -7.07. The van der Waals surface area contributed by atoms with Crippen LogP contribution in [-0.4, -0.2) is 154 Å². The first-order valence-corrected chi connectivity index (χ1v) is 28.2. The lowest BCUT2D eigenvalue weighted by atomic mass is 10.0. The second-order valence-electron chi connectivity index (χ2n) is 20.0. The molecule has 0 unspecified atom stereocenters. The predicted octanol–water partition coefficient (Wildman–Crippen LogP) is 5.29. The Morgan fingerprint density at radius 1 is 0.707 bits per heavy atom. The molecule has 2 amide bonds. The molecule has 0 bridgehead atoms. The summed E-state index contributed by atoms with van der Waals surface area (Å²) in [6, 6.07) is 5.13. The number of carbonyl (C=O) groups is 2. The Bertz CT molecular complexity index is 3880. The Labute approximate surface area is 461 Å². The van der Waals surface area contributed by atoms with Crippen LogP contribution in [0.2, 0.25) is 0 Å². The van der Waals surface area contributed by atoms with Gasteiger partial charge in [-0.2, -0.15) is 19.9 Å². The molecule has 6 aromatic heterocycles. The van der Waals surface area contributed by atoms with E-state index in [9.17, 15) is 18.7 Å². The molecule has 432 valence electrons. The number of anilines is 4. The van der Waals surface area contributed by atoms with Gasteiger partial charge in [-0.3, -0.25) is 9.80 Å². The quantitative estimate of drug-likeness (QED) is 0.0506. The van der Waals surface area contributed by atoms with Gasteiger partial charge in [0, 0.05) is 68.5 Å². The molecule has 8 aromatic rings. The van der Waals surface area contributed by atoms with Crippen molar-refractivity contribution in [3.8, 4) is 23.5 Å². The van der Waals surface area contributed by atoms with E-state index in [1.165, 1.54) is 51.0 Å².